The number of fused-ring (bicyclic) bond motifs is 4. The lowest BCUT2D eigenvalue weighted by molar-refractivity contribution is -0.209. The van der Waals surface area contributed by atoms with Crippen molar-refractivity contribution in [1.29, 1.82) is 0 Å². The van der Waals surface area contributed by atoms with Gasteiger partial charge in [0.2, 0.25) is 0 Å². The van der Waals surface area contributed by atoms with Gasteiger partial charge in [0.1, 0.15) is 0 Å². The van der Waals surface area contributed by atoms with E-state index in [-0.39, 0.29) is 16.6 Å². The molecule has 3 heteroatoms. The first-order chi connectivity index (χ1) is 12.2. The van der Waals surface area contributed by atoms with Crippen LogP contribution in [0.15, 0.2) is 0 Å². The molecule has 5 fully saturated rings. The zero-order chi connectivity index (χ0) is 18.3. The SMILES string of the molecule is CC(C)(C)CCC(O)OC12CCC(C1)C1CC3(O)CC4CC1C(C3)C4C2. The lowest BCUT2D eigenvalue weighted by Crippen LogP contribution is -2.52. The maximum atomic E-state index is 11.1. The smallest absolute Gasteiger partial charge is 0.155 e. The Morgan fingerprint density at radius 3 is 2.46 bits per heavy atom. The highest BCUT2D eigenvalue weighted by molar-refractivity contribution is 5.14. The predicted molar refractivity (Wildman–Crippen MR) is 101 cm³/mol. The van der Waals surface area contributed by atoms with Crippen LogP contribution in [0.25, 0.3) is 0 Å². The number of aliphatic hydroxyl groups is 2. The first kappa shape index (κ1) is 17.9. The van der Waals surface area contributed by atoms with E-state index in [0.717, 1.165) is 69.1 Å². The molecule has 8 bridgehead atoms. The zero-order valence-electron chi connectivity index (χ0n) is 16.9. The molecule has 0 aliphatic heterocycles. The molecule has 5 rings (SSSR count). The quantitative estimate of drug-likeness (QED) is 0.724. The van der Waals surface area contributed by atoms with Crippen LogP contribution >= 0.6 is 0 Å². The Hall–Kier alpha value is -0.120. The van der Waals surface area contributed by atoms with E-state index in [1.807, 2.05) is 0 Å². The second-order valence-corrected chi connectivity index (χ2v) is 12.0. The Morgan fingerprint density at radius 1 is 0.962 bits per heavy atom. The standard InChI is InChI=1S/C23H38O3/c1-21(2,3)6-5-20(24)26-23-7-4-14(10-23)17-11-22(25)9-15-8-16(17)19(12-22)18(15)13-23/h14-20,24-25H,4-13H2,1-3H3. The second kappa shape index (κ2) is 5.70. The summed E-state index contributed by atoms with van der Waals surface area (Å²) in [5, 5.41) is 21.8. The maximum Gasteiger partial charge on any atom is 0.155 e. The van der Waals surface area contributed by atoms with Gasteiger partial charge in [0.25, 0.3) is 0 Å². The summed E-state index contributed by atoms with van der Waals surface area (Å²) < 4.78 is 6.50. The van der Waals surface area contributed by atoms with Gasteiger partial charge in [-0.1, -0.05) is 20.8 Å². The number of rotatable bonds is 4. The van der Waals surface area contributed by atoms with Gasteiger partial charge in [0.15, 0.2) is 6.29 Å². The Bertz CT molecular complexity index is 564. The summed E-state index contributed by atoms with van der Waals surface area (Å²) in [7, 11) is 0. The molecule has 5 aliphatic carbocycles. The average molecular weight is 363 g/mol. The summed E-state index contributed by atoms with van der Waals surface area (Å²) in [6, 6.07) is 0. The highest BCUT2D eigenvalue weighted by Crippen LogP contribution is 2.68. The molecule has 9 atom stereocenters. The first-order valence-corrected chi connectivity index (χ1v) is 11.2. The van der Waals surface area contributed by atoms with Gasteiger partial charge < -0.3 is 14.9 Å². The summed E-state index contributed by atoms with van der Waals surface area (Å²) in [6.45, 7) is 6.70. The molecular weight excluding hydrogens is 324 g/mol. The number of hydrogen-bond donors (Lipinski definition) is 2. The van der Waals surface area contributed by atoms with E-state index >= 15 is 0 Å². The van der Waals surface area contributed by atoms with Gasteiger partial charge in [-0.3, -0.25) is 0 Å². The molecule has 0 heterocycles. The molecule has 0 radical (unpaired) electrons. The molecule has 3 nitrogen and oxygen atoms in total. The summed E-state index contributed by atoms with van der Waals surface area (Å²) in [6.07, 6.45) is 10.3. The van der Waals surface area contributed by atoms with Crippen LogP contribution in [0.4, 0.5) is 0 Å². The van der Waals surface area contributed by atoms with Gasteiger partial charge in [-0.15, -0.1) is 0 Å². The fourth-order valence-electron chi connectivity index (χ4n) is 8.17. The molecule has 0 aromatic heterocycles. The van der Waals surface area contributed by atoms with Crippen molar-refractivity contribution in [3.05, 3.63) is 0 Å². The minimum atomic E-state index is -0.609. The van der Waals surface area contributed by atoms with Gasteiger partial charge in [0.05, 0.1) is 11.2 Å². The molecule has 5 saturated carbocycles. The van der Waals surface area contributed by atoms with Crippen molar-refractivity contribution >= 4 is 0 Å². The normalized spacial score (nSPS) is 53.0. The molecule has 148 valence electrons. The van der Waals surface area contributed by atoms with Crippen LogP contribution in [0, 0.1) is 40.9 Å². The van der Waals surface area contributed by atoms with Crippen LogP contribution in [0.5, 0.6) is 0 Å². The molecule has 26 heavy (non-hydrogen) atoms. The monoisotopic (exact) mass is 362 g/mol. The summed E-state index contributed by atoms with van der Waals surface area (Å²) in [4.78, 5) is 0. The van der Waals surface area contributed by atoms with Gasteiger partial charge in [-0.2, -0.15) is 0 Å². The fraction of sp³-hybridized carbons (Fsp3) is 1.00. The third-order valence-corrected chi connectivity index (χ3v) is 9.05. The lowest BCUT2D eigenvalue weighted by Gasteiger charge is -2.53. The molecule has 0 saturated heterocycles. The van der Waals surface area contributed by atoms with E-state index in [4.69, 9.17) is 4.74 Å². The van der Waals surface area contributed by atoms with E-state index in [1.165, 1.54) is 12.8 Å². The minimum absolute atomic E-state index is 0.0799. The maximum absolute atomic E-state index is 11.1. The van der Waals surface area contributed by atoms with Crippen LogP contribution in [0.3, 0.4) is 0 Å². The van der Waals surface area contributed by atoms with Crippen LogP contribution in [0.1, 0.15) is 85.0 Å². The van der Waals surface area contributed by atoms with E-state index < -0.39 is 6.29 Å². The Morgan fingerprint density at radius 2 is 1.69 bits per heavy atom. The van der Waals surface area contributed by atoms with Gasteiger partial charge in [0, 0.05) is 0 Å². The highest BCUT2D eigenvalue weighted by Gasteiger charge is 2.64. The second-order valence-electron chi connectivity index (χ2n) is 12.0. The van der Waals surface area contributed by atoms with Crippen LogP contribution in [0.2, 0.25) is 0 Å². The fourth-order valence-corrected chi connectivity index (χ4v) is 8.17. The van der Waals surface area contributed by atoms with Crippen molar-refractivity contribution in [3.8, 4) is 0 Å². The molecule has 2 N–H and O–H groups in total. The summed E-state index contributed by atoms with van der Waals surface area (Å²) >= 11 is 0. The van der Waals surface area contributed by atoms with Crippen molar-refractivity contribution < 1.29 is 14.9 Å². The zero-order valence-corrected chi connectivity index (χ0v) is 16.9. The van der Waals surface area contributed by atoms with E-state index in [9.17, 15) is 10.2 Å². The van der Waals surface area contributed by atoms with Crippen molar-refractivity contribution in [2.24, 2.45) is 40.9 Å². The average Bonchev–Trinajstić information content (AvgIpc) is 2.99. The number of aliphatic hydroxyl groups excluding tert-OH is 1. The van der Waals surface area contributed by atoms with Crippen molar-refractivity contribution in [3.63, 3.8) is 0 Å². The third-order valence-electron chi connectivity index (χ3n) is 9.05. The topological polar surface area (TPSA) is 49.7 Å². The van der Waals surface area contributed by atoms with Crippen molar-refractivity contribution in [2.75, 3.05) is 0 Å². The Kier molecular flexibility index (Phi) is 3.94. The summed E-state index contributed by atoms with van der Waals surface area (Å²) in [5.41, 5.74) is -0.185. The van der Waals surface area contributed by atoms with E-state index in [0.29, 0.717) is 17.8 Å². The van der Waals surface area contributed by atoms with Crippen molar-refractivity contribution in [1.82, 2.24) is 0 Å². The van der Waals surface area contributed by atoms with Crippen LogP contribution in [-0.4, -0.2) is 27.7 Å². The predicted octanol–water partition coefficient (Wildman–Crippen LogP) is 4.50. The molecule has 5 aliphatic rings. The van der Waals surface area contributed by atoms with Crippen molar-refractivity contribution in [2.45, 2.75) is 102 Å². The molecule has 0 amide bonds. The van der Waals surface area contributed by atoms with Gasteiger partial charge >= 0.3 is 0 Å². The first-order valence-electron chi connectivity index (χ1n) is 11.2. The Balaban J connectivity index is 1.36. The molecule has 0 aromatic carbocycles. The molecule has 9 unspecified atom stereocenters. The van der Waals surface area contributed by atoms with E-state index in [1.54, 1.807) is 0 Å². The minimum Gasteiger partial charge on any atom is -0.390 e. The largest absolute Gasteiger partial charge is 0.390 e. The summed E-state index contributed by atoms with van der Waals surface area (Å²) in [5.74, 6) is 4.47. The Labute approximate surface area is 158 Å². The van der Waals surface area contributed by atoms with Gasteiger partial charge in [-0.25, -0.2) is 0 Å². The number of ether oxygens (including phenoxy) is 1. The lowest BCUT2D eigenvalue weighted by atomic mass is 9.56. The molecule has 0 spiro atoms. The highest BCUT2D eigenvalue weighted by atomic mass is 16.6. The molecular formula is C23H38O3. The third kappa shape index (κ3) is 2.88. The van der Waals surface area contributed by atoms with Crippen LogP contribution in [-0.2, 0) is 4.74 Å². The van der Waals surface area contributed by atoms with Crippen LogP contribution < -0.4 is 0 Å². The van der Waals surface area contributed by atoms with E-state index in [2.05, 4.69) is 20.8 Å². The number of hydrogen-bond acceptors (Lipinski definition) is 3. The van der Waals surface area contributed by atoms with Gasteiger partial charge in [-0.05, 0) is 105 Å². The molecule has 0 aromatic rings.